The molecule has 0 fully saturated rings. The quantitative estimate of drug-likeness (QED) is 0.931. The summed E-state index contributed by atoms with van der Waals surface area (Å²) in [6.07, 6.45) is 0. The van der Waals surface area contributed by atoms with E-state index in [-0.39, 0.29) is 5.89 Å². The Bertz CT molecular complexity index is 727. The maximum atomic E-state index is 13.7. The lowest BCUT2D eigenvalue weighted by molar-refractivity contribution is 0.350. The second-order valence-corrected chi connectivity index (χ2v) is 6.14. The minimum absolute atomic E-state index is 0.124. The summed E-state index contributed by atoms with van der Waals surface area (Å²) in [7, 11) is -4.00. The number of hydrogen-bond acceptors (Lipinski definition) is 5. The van der Waals surface area contributed by atoms with Crippen LogP contribution in [-0.4, -0.2) is 18.6 Å². The molecule has 1 atom stereocenters. The Kier molecular flexibility index (Phi) is 3.87. The van der Waals surface area contributed by atoms with Gasteiger partial charge in [-0.3, -0.25) is 0 Å². The highest BCUT2D eigenvalue weighted by Crippen LogP contribution is 2.19. The summed E-state index contributed by atoms with van der Waals surface area (Å²) in [5.74, 6) is -0.280. The van der Waals surface area contributed by atoms with Crippen molar-refractivity contribution in [1.82, 2.24) is 14.9 Å². The van der Waals surface area contributed by atoms with E-state index in [4.69, 9.17) is 4.52 Å². The van der Waals surface area contributed by atoms with E-state index in [1.165, 1.54) is 19.1 Å². The highest BCUT2D eigenvalue weighted by atomic mass is 32.2. The Morgan fingerprint density at radius 3 is 2.60 bits per heavy atom. The van der Waals surface area contributed by atoms with Crippen molar-refractivity contribution in [3.05, 3.63) is 41.3 Å². The van der Waals surface area contributed by atoms with Crippen molar-refractivity contribution in [3.8, 4) is 0 Å². The third kappa shape index (κ3) is 3.02. The van der Waals surface area contributed by atoms with E-state index in [2.05, 4.69) is 14.9 Å². The fourth-order valence-corrected chi connectivity index (χ4v) is 2.92. The van der Waals surface area contributed by atoms with Crippen molar-refractivity contribution in [2.75, 3.05) is 0 Å². The van der Waals surface area contributed by atoms with Gasteiger partial charge in [-0.2, -0.15) is 9.71 Å². The van der Waals surface area contributed by atoms with E-state index in [0.29, 0.717) is 11.4 Å². The highest BCUT2D eigenvalue weighted by molar-refractivity contribution is 7.89. The molecule has 0 saturated carbocycles. The van der Waals surface area contributed by atoms with Crippen LogP contribution in [0, 0.1) is 19.7 Å². The van der Waals surface area contributed by atoms with E-state index < -0.39 is 26.8 Å². The van der Waals surface area contributed by atoms with Crippen molar-refractivity contribution in [3.63, 3.8) is 0 Å². The number of benzene rings is 1. The summed E-state index contributed by atoms with van der Waals surface area (Å²) in [6.45, 7) is 4.83. The van der Waals surface area contributed by atoms with Gasteiger partial charge in [0.1, 0.15) is 10.7 Å². The molecule has 20 heavy (non-hydrogen) atoms. The second kappa shape index (κ2) is 5.29. The molecule has 0 aliphatic rings. The van der Waals surface area contributed by atoms with Gasteiger partial charge in [0.25, 0.3) is 0 Å². The van der Waals surface area contributed by atoms with Gasteiger partial charge in [-0.1, -0.05) is 11.2 Å². The van der Waals surface area contributed by atoms with E-state index >= 15 is 0 Å². The lowest BCUT2D eigenvalue weighted by Crippen LogP contribution is -2.27. The number of nitrogens with one attached hydrogen (secondary N) is 1. The second-order valence-electron chi connectivity index (χ2n) is 4.46. The molecule has 6 nitrogen and oxygen atoms in total. The fourth-order valence-electron chi connectivity index (χ4n) is 1.66. The first-order chi connectivity index (χ1) is 9.29. The van der Waals surface area contributed by atoms with Crippen LogP contribution in [0.5, 0.6) is 0 Å². The van der Waals surface area contributed by atoms with Crippen LogP contribution < -0.4 is 4.72 Å². The average molecular weight is 299 g/mol. The number of aryl methyl sites for hydroxylation is 2. The van der Waals surface area contributed by atoms with Gasteiger partial charge in [0.2, 0.25) is 15.9 Å². The summed E-state index contributed by atoms with van der Waals surface area (Å²) in [5, 5.41) is 3.57. The van der Waals surface area contributed by atoms with Crippen LogP contribution >= 0.6 is 0 Å². The number of halogens is 1. The number of hydrogen-bond donors (Lipinski definition) is 1. The monoisotopic (exact) mass is 299 g/mol. The average Bonchev–Trinajstić information content (AvgIpc) is 2.74. The smallest absolute Gasteiger partial charge is 0.244 e. The molecule has 0 aliphatic heterocycles. The van der Waals surface area contributed by atoms with Gasteiger partial charge in [-0.05, 0) is 38.5 Å². The molecule has 1 N–H and O–H groups in total. The molecule has 0 spiro atoms. The predicted octanol–water partition coefficient (Wildman–Crippen LogP) is 1.87. The van der Waals surface area contributed by atoms with Crippen LogP contribution in [0.4, 0.5) is 4.39 Å². The Hall–Kier alpha value is -1.80. The Morgan fingerprint density at radius 2 is 2.05 bits per heavy atom. The molecule has 1 aromatic carbocycles. The van der Waals surface area contributed by atoms with Crippen molar-refractivity contribution in [2.45, 2.75) is 31.7 Å². The molecule has 8 heteroatoms. The molecule has 1 unspecified atom stereocenters. The zero-order chi connectivity index (χ0) is 14.9. The van der Waals surface area contributed by atoms with E-state index in [1.54, 1.807) is 13.8 Å². The van der Waals surface area contributed by atoms with Crippen molar-refractivity contribution in [1.29, 1.82) is 0 Å². The summed E-state index contributed by atoms with van der Waals surface area (Å²) in [5.41, 5.74) is 0.641. The standard InChI is InChI=1S/C12H14FN3O3S/c1-7-4-5-11(10(13)6-7)20(17,18)16-8(2)12-14-9(3)15-19-12/h4-6,8,16H,1-3H3. The van der Waals surface area contributed by atoms with Crippen LogP contribution in [0.2, 0.25) is 0 Å². The first kappa shape index (κ1) is 14.6. The molecule has 1 heterocycles. The third-order valence-electron chi connectivity index (χ3n) is 2.62. The molecule has 1 aromatic heterocycles. The Morgan fingerprint density at radius 1 is 1.35 bits per heavy atom. The normalized spacial score (nSPS) is 13.4. The topological polar surface area (TPSA) is 85.1 Å². The molecule has 0 aliphatic carbocycles. The summed E-state index contributed by atoms with van der Waals surface area (Å²) < 4.78 is 45.1. The molecule has 0 saturated heterocycles. The van der Waals surface area contributed by atoms with Gasteiger partial charge in [0, 0.05) is 0 Å². The van der Waals surface area contributed by atoms with Crippen LogP contribution in [0.1, 0.15) is 30.2 Å². The summed E-state index contributed by atoms with van der Waals surface area (Å²) in [6, 6.07) is 3.16. The molecule has 0 amide bonds. The molecular weight excluding hydrogens is 285 g/mol. The summed E-state index contributed by atoms with van der Waals surface area (Å²) >= 11 is 0. The molecule has 0 bridgehead atoms. The zero-order valence-corrected chi connectivity index (χ0v) is 12.0. The SMILES string of the molecule is Cc1ccc(S(=O)(=O)NC(C)c2nc(C)no2)c(F)c1. The van der Waals surface area contributed by atoms with Gasteiger partial charge >= 0.3 is 0 Å². The van der Waals surface area contributed by atoms with Crippen LogP contribution in [0.15, 0.2) is 27.6 Å². The van der Waals surface area contributed by atoms with Crippen LogP contribution in [0.3, 0.4) is 0 Å². The van der Waals surface area contributed by atoms with Crippen molar-refractivity contribution >= 4 is 10.0 Å². The van der Waals surface area contributed by atoms with E-state index in [9.17, 15) is 12.8 Å². The first-order valence-corrected chi connectivity index (χ1v) is 7.36. The maximum absolute atomic E-state index is 13.7. The van der Waals surface area contributed by atoms with E-state index in [0.717, 1.165) is 6.07 Å². The minimum atomic E-state index is -4.00. The lowest BCUT2D eigenvalue weighted by Gasteiger charge is -2.11. The van der Waals surface area contributed by atoms with Crippen molar-refractivity contribution in [2.24, 2.45) is 0 Å². The van der Waals surface area contributed by atoms with Gasteiger partial charge in [-0.25, -0.2) is 12.8 Å². The molecule has 2 aromatic rings. The largest absolute Gasteiger partial charge is 0.338 e. The van der Waals surface area contributed by atoms with Gasteiger partial charge < -0.3 is 4.52 Å². The predicted molar refractivity (Wildman–Crippen MR) is 68.9 cm³/mol. The van der Waals surface area contributed by atoms with Gasteiger partial charge in [-0.15, -0.1) is 0 Å². The Balaban J connectivity index is 2.27. The number of aromatic nitrogens is 2. The van der Waals surface area contributed by atoms with Crippen LogP contribution in [-0.2, 0) is 10.0 Å². The van der Waals surface area contributed by atoms with E-state index in [1.807, 2.05) is 0 Å². The molecule has 2 rings (SSSR count). The fraction of sp³-hybridized carbons (Fsp3) is 0.333. The van der Waals surface area contributed by atoms with Crippen LogP contribution in [0.25, 0.3) is 0 Å². The van der Waals surface area contributed by atoms with Crippen molar-refractivity contribution < 1.29 is 17.3 Å². The number of rotatable bonds is 4. The zero-order valence-electron chi connectivity index (χ0n) is 11.2. The summed E-state index contributed by atoms with van der Waals surface area (Å²) in [4.78, 5) is 3.52. The lowest BCUT2D eigenvalue weighted by atomic mass is 10.2. The third-order valence-corrected chi connectivity index (χ3v) is 4.20. The highest BCUT2D eigenvalue weighted by Gasteiger charge is 2.24. The minimum Gasteiger partial charge on any atom is -0.338 e. The maximum Gasteiger partial charge on any atom is 0.244 e. The molecule has 0 radical (unpaired) electrons. The number of sulfonamides is 1. The van der Waals surface area contributed by atoms with Gasteiger partial charge in [0.05, 0.1) is 6.04 Å². The van der Waals surface area contributed by atoms with Gasteiger partial charge in [0.15, 0.2) is 5.82 Å². The number of nitrogens with zero attached hydrogens (tertiary/aromatic N) is 2. The molecular formula is C12H14FN3O3S. The molecule has 108 valence electrons. The first-order valence-electron chi connectivity index (χ1n) is 5.88. The Labute approximate surface area is 116 Å².